The second kappa shape index (κ2) is 7.67. The van der Waals surface area contributed by atoms with E-state index < -0.39 is 0 Å². The van der Waals surface area contributed by atoms with E-state index in [1.165, 1.54) is 62.5 Å². The van der Waals surface area contributed by atoms with Gasteiger partial charge in [0.05, 0.1) is 11.6 Å². The smallest absolute Gasteiger partial charge is 0.0991 e. The first-order valence-electron chi connectivity index (χ1n) is 10.4. The van der Waals surface area contributed by atoms with E-state index in [0.29, 0.717) is 0 Å². The molecule has 0 bridgehead atoms. The van der Waals surface area contributed by atoms with E-state index in [4.69, 9.17) is 5.26 Å². The summed E-state index contributed by atoms with van der Waals surface area (Å²) < 4.78 is 0. The topological polar surface area (TPSA) is 23.8 Å². The molecule has 2 aliphatic carbocycles. The summed E-state index contributed by atoms with van der Waals surface area (Å²) in [4.78, 5) is 0. The fourth-order valence-corrected chi connectivity index (χ4v) is 5.29. The Morgan fingerprint density at radius 1 is 1.00 bits per heavy atom. The van der Waals surface area contributed by atoms with Crippen LogP contribution in [0.3, 0.4) is 0 Å². The van der Waals surface area contributed by atoms with Gasteiger partial charge in [0.25, 0.3) is 0 Å². The van der Waals surface area contributed by atoms with E-state index in [2.05, 4.69) is 43.3 Å². The van der Waals surface area contributed by atoms with E-state index in [1.807, 2.05) is 12.1 Å². The number of nitriles is 1. The Kier molecular flexibility index (Phi) is 5.11. The number of fused-ring (bicyclic) bond motifs is 3. The highest BCUT2D eigenvalue weighted by Crippen LogP contribution is 2.48. The third-order valence-electron chi connectivity index (χ3n) is 6.73. The molecule has 4 rings (SSSR count). The Morgan fingerprint density at radius 2 is 1.81 bits per heavy atom. The van der Waals surface area contributed by atoms with E-state index in [9.17, 15) is 0 Å². The number of aryl methyl sites for hydroxylation is 1. The molecule has 0 radical (unpaired) electrons. The lowest BCUT2D eigenvalue weighted by molar-refractivity contribution is 0.200. The zero-order valence-corrected chi connectivity index (χ0v) is 15.9. The predicted octanol–water partition coefficient (Wildman–Crippen LogP) is 6.86. The maximum absolute atomic E-state index is 8.98. The largest absolute Gasteiger partial charge is 0.192 e. The molecule has 1 saturated carbocycles. The second-order valence-corrected chi connectivity index (χ2v) is 8.33. The molecule has 2 aromatic carbocycles. The molecule has 2 aliphatic rings. The molecule has 1 nitrogen and oxygen atoms in total. The predicted molar refractivity (Wildman–Crippen MR) is 108 cm³/mol. The van der Waals surface area contributed by atoms with Gasteiger partial charge in [0.2, 0.25) is 0 Å². The molecule has 0 amide bonds. The third-order valence-corrected chi connectivity index (χ3v) is 6.73. The summed E-state index contributed by atoms with van der Waals surface area (Å²) in [5, 5.41) is 8.98. The van der Waals surface area contributed by atoms with Crippen molar-refractivity contribution >= 4 is 0 Å². The number of hydrogen-bond acceptors (Lipinski definition) is 1. The number of unbranched alkanes of at least 4 members (excludes halogenated alkanes) is 1. The van der Waals surface area contributed by atoms with Gasteiger partial charge in [-0.25, -0.2) is 0 Å². The van der Waals surface area contributed by atoms with E-state index >= 15 is 0 Å². The van der Waals surface area contributed by atoms with Crippen LogP contribution in [0.25, 0.3) is 11.1 Å². The minimum Gasteiger partial charge on any atom is -0.192 e. The summed E-state index contributed by atoms with van der Waals surface area (Å²) in [5.41, 5.74) is 6.45. The van der Waals surface area contributed by atoms with Crippen LogP contribution in [0.5, 0.6) is 0 Å². The van der Waals surface area contributed by atoms with Gasteiger partial charge < -0.3 is 0 Å². The Balaban J connectivity index is 1.53. The molecule has 134 valence electrons. The highest BCUT2D eigenvalue weighted by molar-refractivity contribution is 5.66. The van der Waals surface area contributed by atoms with Crippen molar-refractivity contribution in [1.29, 1.82) is 5.26 Å². The molecule has 0 aliphatic heterocycles. The Hall–Kier alpha value is -2.07. The van der Waals surface area contributed by atoms with Gasteiger partial charge in [-0.15, -0.1) is 0 Å². The molecular formula is C25H29N. The zero-order chi connectivity index (χ0) is 17.9. The van der Waals surface area contributed by atoms with E-state index in [0.717, 1.165) is 23.3 Å². The fraction of sp³-hybridized carbons (Fsp3) is 0.480. The van der Waals surface area contributed by atoms with Gasteiger partial charge in [-0.3, -0.25) is 0 Å². The van der Waals surface area contributed by atoms with Crippen LogP contribution in [0.2, 0.25) is 0 Å². The van der Waals surface area contributed by atoms with Gasteiger partial charge in [-0.05, 0) is 84.2 Å². The molecule has 0 heterocycles. The van der Waals surface area contributed by atoms with Gasteiger partial charge in [0.1, 0.15) is 0 Å². The lowest BCUT2D eigenvalue weighted by atomic mass is 9.64. The van der Waals surface area contributed by atoms with Crippen LogP contribution in [-0.2, 0) is 6.42 Å². The summed E-state index contributed by atoms with van der Waals surface area (Å²) in [5.74, 6) is 2.70. The van der Waals surface area contributed by atoms with Crippen molar-refractivity contribution in [3.8, 4) is 17.2 Å². The van der Waals surface area contributed by atoms with Crippen molar-refractivity contribution in [3.63, 3.8) is 0 Å². The zero-order valence-electron chi connectivity index (χ0n) is 15.9. The summed E-state index contributed by atoms with van der Waals surface area (Å²) in [6.07, 6.45) is 11.1. The number of benzene rings is 2. The molecule has 1 fully saturated rings. The summed E-state index contributed by atoms with van der Waals surface area (Å²) in [6, 6.07) is 17.3. The SMILES string of the molecule is CCCC[C@@H]1CC[C@@H]2c3ccc(-c4ccc(C#N)cc4)cc3CC[C@H]2C1. The maximum Gasteiger partial charge on any atom is 0.0991 e. The highest BCUT2D eigenvalue weighted by Gasteiger charge is 2.34. The Labute approximate surface area is 158 Å². The van der Waals surface area contributed by atoms with Gasteiger partial charge in [0.15, 0.2) is 0 Å². The van der Waals surface area contributed by atoms with Crippen LogP contribution in [0.15, 0.2) is 42.5 Å². The monoisotopic (exact) mass is 343 g/mol. The van der Waals surface area contributed by atoms with Gasteiger partial charge >= 0.3 is 0 Å². The molecule has 26 heavy (non-hydrogen) atoms. The number of nitrogens with zero attached hydrogens (tertiary/aromatic N) is 1. The van der Waals surface area contributed by atoms with Crippen LogP contribution in [-0.4, -0.2) is 0 Å². The number of rotatable bonds is 4. The van der Waals surface area contributed by atoms with Crippen molar-refractivity contribution < 1.29 is 0 Å². The van der Waals surface area contributed by atoms with Crippen LogP contribution in [0.1, 0.15) is 74.5 Å². The standard InChI is InChI=1S/C25H29N/c1-2-3-4-18-7-13-24-22(15-18)10-11-23-16-21(12-14-25(23)24)20-8-5-19(17-26)6-9-20/h5-6,8-9,12,14,16,18,22,24H,2-4,7,10-11,13,15H2,1H3/t18-,22+,24+/m1/s1. The number of hydrogen-bond donors (Lipinski definition) is 0. The van der Waals surface area contributed by atoms with Crippen molar-refractivity contribution in [3.05, 3.63) is 59.2 Å². The Morgan fingerprint density at radius 3 is 2.58 bits per heavy atom. The second-order valence-electron chi connectivity index (χ2n) is 8.33. The normalized spacial score (nSPS) is 24.4. The van der Waals surface area contributed by atoms with E-state index in [1.54, 1.807) is 11.1 Å². The van der Waals surface area contributed by atoms with E-state index in [-0.39, 0.29) is 0 Å². The average Bonchev–Trinajstić information content (AvgIpc) is 2.71. The molecule has 0 spiro atoms. The quantitative estimate of drug-likeness (QED) is 0.594. The molecule has 0 saturated heterocycles. The first kappa shape index (κ1) is 17.3. The Bertz CT molecular complexity index is 796. The van der Waals surface area contributed by atoms with Crippen molar-refractivity contribution in [2.24, 2.45) is 11.8 Å². The molecule has 2 aromatic rings. The molecular weight excluding hydrogens is 314 g/mol. The molecule has 0 N–H and O–H groups in total. The van der Waals surface area contributed by atoms with Crippen LogP contribution in [0.4, 0.5) is 0 Å². The first-order valence-corrected chi connectivity index (χ1v) is 10.4. The first-order chi connectivity index (χ1) is 12.8. The van der Waals surface area contributed by atoms with Gasteiger partial charge in [0, 0.05) is 0 Å². The fourth-order valence-electron chi connectivity index (χ4n) is 5.29. The molecule has 1 heteroatoms. The summed E-state index contributed by atoms with van der Waals surface area (Å²) >= 11 is 0. The van der Waals surface area contributed by atoms with Crippen molar-refractivity contribution in [2.75, 3.05) is 0 Å². The van der Waals surface area contributed by atoms with Crippen LogP contribution >= 0.6 is 0 Å². The summed E-state index contributed by atoms with van der Waals surface area (Å²) in [6.45, 7) is 2.31. The van der Waals surface area contributed by atoms with Gasteiger partial charge in [-0.1, -0.05) is 56.5 Å². The van der Waals surface area contributed by atoms with Crippen LogP contribution in [0, 0.1) is 23.2 Å². The average molecular weight is 344 g/mol. The van der Waals surface area contributed by atoms with Crippen LogP contribution < -0.4 is 0 Å². The highest BCUT2D eigenvalue weighted by atomic mass is 14.4. The molecule has 0 unspecified atom stereocenters. The van der Waals surface area contributed by atoms with Crippen molar-refractivity contribution in [1.82, 2.24) is 0 Å². The molecule has 0 aromatic heterocycles. The van der Waals surface area contributed by atoms with Crippen molar-refractivity contribution in [2.45, 2.75) is 64.2 Å². The lowest BCUT2D eigenvalue weighted by Gasteiger charge is -2.41. The lowest BCUT2D eigenvalue weighted by Crippen LogP contribution is -2.28. The third kappa shape index (κ3) is 3.43. The minimum atomic E-state index is 0.731. The maximum atomic E-state index is 8.98. The summed E-state index contributed by atoms with van der Waals surface area (Å²) in [7, 11) is 0. The van der Waals surface area contributed by atoms with Gasteiger partial charge in [-0.2, -0.15) is 5.26 Å². The minimum absolute atomic E-state index is 0.731. The molecule has 3 atom stereocenters.